The Kier molecular flexibility index (Phi) is 7.10. The minimum absolute atomic E-state index is 0.204. The first-order valence-electron chi connectivity index (χ1n) is 10.8. The predicted molar refractivity (Wildman–Crippen MR) is 139 cm³/mol. The number of methoxy groups -OCH3 is 1. The summed E-state index contributed by atoms with van der Waals surface area (Å²) in [6.45, 7) is 4.22. The van der Waals surface area contributed by atoms with Gasteiger partial charge >= 0.3 is 0 Å². The van der Waals surface area contributed by atoms with E-state index in [1.165, 1.54) is 23.3 Å². The molecule has 4 aromatic carbocycles. The molecule has 0 aliphatic heterocycles. The van der Waals surface area contributed by atoms with Crippen molar-refractivity contribution in [3.8, 4) is 28.4 Å². The van der Waals surface area contributed by atoms with Crippen molar-refractivity contribution >= 4 is 25.8 Å². The maximum atomic E-state index is 12.9. The van der Waals surface area contributed by atoms with Crippen LogP contribution in [0.1, 0.15) is 16.7 Å². The molecule has 34 heavy (non-hydrogen) atoms. The Morgan fingerprint density at radius 2 is 1.26 bits per heavy atom. The van der Waals surface area contributed by atoms with Gasteiger partial charge in [0.2, 0.25) is 9.84 Å². The molecule has 0 atom stereocenters. The zero-order valence-electron chi connectivity index (χ0n) is 19.2. The maximum Gasteiger partial charge on any atom is 0.206 e. The molecule has 0 saturated carbocycles. The van der Waals surface area contributed by atoms with Crippen molar-refractivity contribution in [3.63, 3.8) is 0 Å². The standard InChI is InChI=1S/C28H25BrO4S/c1-19-4-5-21(16-20(19)2)22-6-15-28(23(17-22)18-29)33-25-9-13-27(14-10-25)34(30,31)26-11-7-24(32-3)8-12-26/h4-17H,18H2,1-3H3. The van der Waals surface area contributed by atoms with Crippen molar-refractivity contribution in [2.45, 2.75) is 29.0 Å². The van der Waals surface area contributed by atoms with Crippen LogP contribution in [0.3, 0.4) is 0 Å². The molecule has 0 aliphatic rings. The monoisotopic (exact) mass is 536 g/mol. The van der Waals surface area contributed by atoms with Crippen LogP contribution in [0.2, 0.25) is 0 Å². The normalized spacial score (nSPS) is 11.3. The lowest BCUT2D eigenvalue weighted by Gasteiger charge is -2.13. The van der Waals surface area contributed by atoms with Crippen LogP contribution in [0.4, 0.5) is 0 Å². The summed E-state index contributed by atoms with van der Waals surface area (Å²) in [7, 11) is -2.09. The van der Waals surface area contributed by atoms with Gasteiger partial charge in [0.1, 0.15) is 17.2 Å². The van der Waals surface area contributed by atoms with Crippen LogP contribution >= 0.6 is 15.9 Å². The van der Waals surface area contributed by atoms with E-state index >= 15 is 0 Å². The zero-order valence-corrected chi connectivity index (χ0v) is 21.6. The van der Waals surface area contributed by atoms with E-state index in [-0.39, 0.29) is 9.79 Å². The Bertz CT molecular complexity index is 1410. The molecule has 4 aromatic rings. The first-order valence-corrected chi connectivity index (χ1v) is 13.4. The largest absolute Gasteiger partial charge is 0.497 e. The molecule has 0 heterocycles. The Hall–Kier alpha value is -3.09. The van der Waals surface area contributed by atoms with Crippen LogP contribution in [-0.2, 0) is 15.2 Å². The molecular weight excluding hydrogens is 512 g/mol. The number of sulfone groups is 1. The second-order valence-corrected chi connectivity index (χ2v) is 10.5. The quantitative estimate of drug-likeness (QED) is 0.229. The van der Waals surface area contributed by atoms with E-state index in [4.69, 9.17) is 9.47 Å². The molecule has 4 rings (SSSR count). The Balaban J connectivity index is 1.56. The molecule has 0 aliphatic carbocycles. The van der Waals surface area contributed by atoms with Crippen molar-refractivity contribution in [2.75, 3.05) is 7.11 Å². The number of benzene rings is 4. The van der Waals surface area contributed by atoms with Crippen molar-refractivity contribution in [2.24, 2.45) is 0 Å². The van der Waals surface area contributed by atoms with E-state index in [0.29, 0.717) is 16.8 Å². The lowest BCUT2D eigenvalue weighted by Crippen LogP contribution is -2.02. The molecule has 0 N–H and O–H groups in total. The van der Waals surface area contributed by atoms with E-state index in [2.05, 4.69) is 54.0 Å². The van der Waals surface area contributed by atoms with Crippen molar-refractivity contribution in [1.82, 2.24) is 0 Å². The van der Waals surface area contributed by atoms with Crippen LogP contribution in [0, 0.1) is 13.8 Å². The third-order valence-corrected chi connectivity index (χ3v) is 8.17. The number of ether oxygens (including phenoxy) is 2. The first-order chi connectivity index (χ1) is 16.3. The summed E-state index contributed by atoms with van der Waals surface area (Å²) in [5, 5.41) is 0.630. The second-order valence-electron chi connectivity index (χ2n) is 8.01. The summed E-state index contributed by atoms with van der Waals surface area (Å²) in [4.78, 5) is 0.418. The highest BCUT2D eigenvalue weighted by Gasteiger charge is 2.18. The lowest BCUT2D eigenvalue weighted by atomic mass is 9.99. The van der Waals surface area contributed by atoms with Crippen molar-refractivity contribution in [1.29, 1.82) is 0 Å². The van der Waals surface area contributed by atoms with Crippen molar-refractivity contribution < 1.29 is 17.9 Å². The van der Waals surface area contributed by atoms with Gasteiger partial charge in [-0.1, -0.05) is 40.2 Å². The van der Waals surface area contributed by atoms with Gasteiger partial charge in [-0.25, -0.2) is 8.42 Å². The molecule has 6 heteroatoms. The van der Waals surface area contributed by atoms with Crippen LogP contribution in [0.5, 0.6) is 17.2 Å². The summed E-state index contributed by atoms with van der Waals surface area (Å²) in [5.41, 5.74) is 5.80. The molecule has 0 spiro atoms. The van der Waals surface area contributed by atoms with Crippen LogP contribution in [0.15, 0.2) is 94.7 Å². The molecule has 4 nitrogen and oxygen atoms in total. The van der Waals surface area contributed by atoms with Gasteiger partial charge in [0.15, 0.2) is 0 Å². The number of halogens is 1. The van der Waals surface area contributed by atoms with Gasteiger partial charge < -0.3 is 9.47 Å². The van der Waals surface area contributed by atoms with E-state index < -0.39 is 9.84 Å². The number of hydrogen-bond acceptors (Lipinski definition) is 4. The minimum atomic E-state index is -3.63. The van der Waals surface area contributed by atoms with Gasteiger partial charge in [0.25, 0.3) is 0 Å². The van der Waals surface area contributed by atoms with Gasteiger partial charge in [-0.05, 0) is 96.8 Å². The first kappa shape index (κ1) is 24.0. The Morgan fingerprint density at radius 1 is 0.706 bits per heavy atom. The Morgan fingerprint density at radius 3 is 1.82 bits per heavy atom. The lowest BCUT2D eigenvalue weighted by molar-refractivity contribution is 0.414. The molecule has 174 valence electrons. The fraction of sp³-hybridized carbons (Fsp3) is 0.143. The SMILES string of the molecule is COc1ccc(S(=O)(=O)c2ccc(Oc3ccc(-c4ccc(C)c(C)c4)cc3CBr)cc2)cc1. The maximum absolute atomic E-state index is 12.9. The zero-order chi connectivity index (χ0) is 24.3. The van der Waals surface area contributed by atoms with Crippen LogP contribution < -0.4 is 9.47 Å². The minimum Gasteiger partial charge on any atom is -0.497 e. The molecule has 0 radical (unpaired) electrons. The highest BCUT2D eigenvalue weighted by atomic mass is 79.9. The number of alkyl halides is 1. The molecule has 0 saturated heterocycles. The summed E-state index contributed by atoms with van der Waals surface area (Å²) >= 11 is 3.56. The molecule has 0 bridgehead atoms. The molecule has 0 aromatic heterocycles. The third-order valence-electron chi connectivity index (χ3n) is 5.78. The number of aryl methyl sites for hydroxylation is 2. The third kappa shape index (κ3) is 5.03. The second kappa shape index (κ2) is 10.0. The fourth-order valence-electron chi connectivity index (χ4n) is 3.59. The van der Waals surface area contributed by atoms with E-state index in [1.807, 2.05) is 12.1 Å². The highest BCUT2D eigenvalue weighted by molar-refractivity contribution is 9.08. The molecular formula is C28H25BrO4S. The van der Waals surface area contributed by atoms with Gasteiger partial charge in [-0.15, -0.1) is 0 Å². The molecule has 0 amide bonds. The van der Waals surface area contributed by atoms with Crippen LogP contribution in [-0.4, -0.2) is 15.5 Å². The summed E-state index contributed by atoms with van der Waals surface area (Å²) in [5.74, 6) is 1.89. The average molecular weight is 537 g/mol. The summed E-state index contributed by atoms with van der Waals surface area (Å²) < 4.78 is 37.1. The van der Waals surface area contributed by atoms with Gasteiger partial charge in [-0.2, -0.15) is 0 Å². The van der Waals surface area contributed by atoms with Gasteiger partial charge in [0, 0.05) is 10.9 Å². The van der Waals surface area contributed by atoms with Gasteiger partial charge in [-0.3, -0.25) is 0 Å². The smallest absolute Gasteiger partial charge is 0.206 e. The summed E-state index contributed by atoms with van der Waals surface area (Å²) in [6.07, 6.45) is 0. The number of rotatable bonds is 7. The average Bonchev–Trinajstić information content (AvgIpc) is 2.86. The fourth-order valence-corrected chi connectivity index (χ4v) is 5.29. The Labute approximate surface area is 209 Å². The van der Waals surface area contributed by atoms with Gasteiger partial charge in [0.05, 0.1) is 16.9 Å². The van der Waals surface area contributed by atoms with Crippen molar-refractivity contribution in [3.05, 3.63) is 102 Å². The topological polar surface area (TPSA) is 52.6 Å². The summed E-state index contributed by atoms with van der Waals surface area (Å²) in [6, 6.07) is 25.3. The van der Waals surface area contributed by atoms with E-state index in [0.717, 1.165) is 22.4 Å². The highest BCUT2D eigenvalue weighted by Crippen LogP contribution is 2.33. The van der Waals surface area contributed by atoms with E-state index in [9.17, 15) is 8.42 Å². The molecule has 0 fully saturated rings. The van der Waals surface area contributed by atoms with Crippen LogP contribution in [0.25, 0.3) is 11.1 Å². The van der Waals surface area contributed by atoms with E-state index in [1.54, 1.807) is 43.5 Å². The predicted octanol–water partition coefficient (Wildman–Crippen LogP) is 7.50. The number of hydrogen-bond donors (Lipinski definition) is 0. The molecule has 0 unspecified atom stereocenters.